The number of hydrogen-bond acceptors (Lipinski definition) is 1. The van der Waals surface area contributed by atoms with Gasteiger partial charge in [0.15, 0.2) is 0 Å². The molecule has 1 atom stereocenters. The van der Waals surface area contributed by atoms with Crippen molar-refractivity contribution < 1.29 is 0 Å². The molecule has 0 heterocycles. The zero-order valence-corrected chi connectivity index (χ0v) is 14.5. The Morgan fingerprint density at radius 2 is 1.70 bits per heavy atom. The topological polar surface area (TPSA) is 12.0 Å². The fraction of sp³-hybridized carbons (Fsp3) is 0.273. The van der Waals surface area contributed by atoms with Gasteiger partial charge in [-0.25, -0.2) is 0 Å². The lowest BCUT2D eigenvalue weighted by atomic mass is 9.94. The van der Waals surface area contributed by atoms with Gasteiger partial charge in [0, 0.05) is 11.7 Å². The average molecular weight is 303 g/mol. The first kappa shape index (κ1) is 15.6. The van der Waals surface area contributed by atoms with Crippen molar-refractivity contribution >= 4 is 11.3 Å². The Labute approximate surface area is 139 Å². The van der Waals surface area contributed by atoms with Crippen LogP contribution in [0.4, 0.5) is 5.69 Å². The van der Waals surface area contributed by atoms with Crippen molar-refractivity contribution in [2.24, 2.45) is 0 Å². The fourth-order valence-electron chi connectivity index (χ4n) is 3.52. The number of anilines is 1. The number of rotatable bonds is 4. The lowest BCUT2D eigenvalue weighted by Gasteiger charge is -2.22. The van der Waals surface area contributed by atoms with E-state index in [1.807, 2.05) is 0 Å². The summed E-state index contributed by atoms with van der Waals surface area (Å²) in [7, 11) is 0. The van der Waals surface area contributed by atoms with Crippen LogP contribution in [0.25, 0.3) is 5.57 Å². The Balaban J connectivity index is 1.92. The normalized spacial score (nSPS) is 14.7. The summed E-state index contributed by atoms with van der Waals surface area (Å²) in [6.45, 7) is 8.78. The first-order valence-corrected chi connectivity index (χ1v) is 8.35. The van der Waals surface area contributed by atoms with Gasteiger partial charge in [-0.3, -0.25) is 0 Å². The Bertz CT molecular complexity index is 757. The SMILES string of the molecule is Cc1cc(C)c(NC(C)c2ccccc2C2=CC=CC2)c(C)c1. The third kappa shape index (κ3) is 3.24. The van der Waals surface area contributed by atoms with E-state index in [1.165, 1.54) is 39.1 Å². The second kappa shape index (κ2) is 6.45. The number of allylic oxidation sites excluding steroid dienone is 4. The van der Waals surface area contributed by atoms with Gasteiger partial charge in [0.1, 0.15) is 0 Å². The van der Waals surface area contributed by atoms with Crippen LogP contribution >= 0.6 is 0 Å². The van der Waals surface area contributed by atoms with E-state index in [-0.39, 0.29) is 6.04 Å². The van der Waals surface area contributed by atoms with Crippen LogP contribution in [0.15, 0.2) is 54.6 Å². The molecule has 1 aliphatic carbocycles. The summed E-state index contributed by atoms with van der Waals surface area (Å²) >= 11 is 0. The zero-order valence-electron chi connectivity index (χ0n) is 14.5. The van der Waals surface area contributed by atoms with Gasteiger partial charge < -0.3 is 5.32 Å². The van der Waals surface area contributed by atoms with Crippen molar-refractivity contribution in [1.82, 2.24) is 0 Å². The molecule has 0 aliphatic heterocycles. The highest BCUT2D eigenvalue weighted by atomic mass is 14.9. The highest BCUT2D eigenvalue weighted by molar-refractivity contribution is 5.74. The van der Waals surface area contributed by atoms with Crippen molar-refractivity contribution in [2.45, 2.75) is 40.2 Å². The molecule has 0 radical (unpaired) electrons. The largest absolute Gasteiger partial charge is 0.378 e. The standard InChI is InChI=1S/C22H25N/c1-15-13-16(2)22(17(3)14-15)23-18(4)20-11-7-8-12-21(20)19-9-5-6-10-19/h5-9,11-14,18,23H,10H2,1-4H3. The first-order valence-electron chi connectivity index (χ1n) is 8.35. The number of hydrogen-bond donors (Lipinski definition) is 1. The Kier molecular flexibility index (Phi) is 4.38. The second-order valence-electron chi connectivity index (χ2n) is 6.55. The molecule has 0 fully saturated rings. The van der Waals surface area contributed by atoms with Crippen LogP contribution < -0.4 is 5.32 Å². The summed E-state index contributed by atoms with van der Waals surface area (Å²) in [6, 6.07) is 13.5. The predicted molar refractivity (Wildman–Crippen MR) is 101 cm³/mol. The highest BCUT2D eigenvalue weighted by Crippen LogP contribution is 2.32. The molecule has 0 saturated heterocycles. The van der Waals surface area contributed by atoms with Crippen LogP contribution in [0, 0.1) is 20.8 Å². The Morgan fingerprint density at radius 1 is 1.00 bits per heavy atom. The van der Waals surface area contributed by atoms with Crippen molar-refractivity contribution in [2.75, 3.05) is 5.32 Å². The molecule has 0 saturated carbocycles. The summed E-state index contributed by atoms with van der Waals surface area (Å²) in [5.41, 5.74) is 9.34. The molecule has 0 spiro atoms. The molecule has 118 valence electrons. The molecule has 2 aromatic rings. The van der Waals surface area contributed by atoms with E-state index in [9.17, 15) is 0 Å². The van der Waals surface area contributed by atoms with Gasteiger partial charge in [0.05, 0.1) is 0 Å². The van der Waals surface area contributed by atoms with Gasteiger partial charge in [0.2, 0.25) is 0 Å². The van der Waals surface area contributed by atoms with Gasteiger partial charge in [-0.15, -0.1) is 0 Å². The van der Waals surface area contributed by atoms with Gasteiger partial charge in [-0.2, -0.15) is 0 Å². The molecule has 1 aliphatic rings. The molecule has 0 aromatic heterocycles. The third-order valence-corrected chi connectivity index (χ3v) is 4.58. The second-order valence-corrected chi connectivity index (χ2v) is 6.55. The quantitative estimate of drug-likeness (QED) is 0.716. The first-order chi connectivity index (χ1) is 11.1. The zero-order chi connectivity index (χ0) is 16.4. The Morgan fingerprint density at radius 3 is 2.35 bits per heavy atom. The van der Waals surface area contributed by atoms with E-state index in [1.54, 1.807) is 0 Å². The minimum absolute atomic E-state index is 0.271. The van der Waals surface area contributed by atoms with Crippen LogP contribution in [0.3, 0.4) is 0 Å². The minimum Gasteiger partial charge on any atom is -0.378 e. The van der Waals surface area contributed by atoms with E-state index in [0.717, 1.165) is 6.42 Å². The lowest BCUT2D eigenvalue weighted by molar-refractivity contribution is 0.875. The fourth-order valence-corrected chi connectivity index (χ4v) is 3.52. The third-order valence-electron chi connectivity index (χ3n) is 4.58. The molecule has 1 nitrogen and oxygen atoms in total. The average Bonchev–Trinajstić information content (AvgIpc) is 3.05. The highest BCUT2D eigenvalue weighted by Gasteiger charge is 2.15. The maximum Gasteiger partial charge on any atom is 0.0491 e. The van der Waals surface area contributed by atoms with Crippen LogP contribution in [-0.2, 0) is 0 Å². The van der Waals surface area contributed by atoms with Gasteiger partial charge in [-0.05, 0) is 61.9 Å². The molecule has 1 unspecified atom stereocenters. The van der Waals surface area contributed by atoms with Crippen LogP contribution in [0.2, 0.25) is 0 Å². The molecule has 2 aromatic carbocycles. The van der Waals surface area contributed by atoms with Gasteiger partial charge in [0.25, 0.3) is 0 Å². The van der Waals surface area contributed by atoms with Crippen molar-refractivity contribution in [3.05, 3.63) is 82.4 Å². The van der Waals surface area contributed by atoms with Gasteiger partial charge >= 0.3 is 0 Å². The molecular weight excluding hydrogens is 278 g/mol. The maximum atomic E-state index is 3.74. The molecule has 1 N–H and O–H groups in total. The predicted octanol–water partition coefficient (Wildman–Crippen LogP) is 6.13. The molecule has 3 rings (SSSR count). The maximum absolute atomic E-state index is 3.74. The number of benzene rings is 2. The molecule has 23 heavy (non-hydrogen) atoms. The minimum atomic E-state index is 0.271. The van der Waals surface area contributed by atoms with Crippen molar-refractivity contribution in [3.8, 4) is 0 Å². The van der Waals surface area contributed by atoms with E-state index < -0.39 is 0 Å². The van der Waals surface area contributed by atoms with E-state index in [2.05, 4.69) is 87.6 Å². The van der Waals surface area contributed by atoms with Gasteiger partial charge in [-0.1, -0.05) is 60.2 Å². The van der Waals surface area contributed by atoms with Crippen LogP contribution in [0.1, 0.15) is 47.2 Å². The smallest absolute Gasteiger partial charge is 0.0491 e. The monoisotopic (exact) mass is 303 g/mol. The van der Waals surface area contributed by atoms with Crippen molar-refractivity contribution in [3.63, 3.8) is 0 Å². The van der Waals surface area contributed by atoms with E-state index >= 15 is 0 Å². The summed E-state index contributed by atoms with van der Waals surface area (Å²) in [5.74, 6) is 0. The molecule has 1 heteroatoms. The molecule has 0 amide bonds. The summed E-state index contributed by atoms with van der Waals surface area (Å²) < 4.78 is 0. The lowest BCUT2D eigenvalue weighted by Crippen LogP contribution is -2.11. The van der Waals surface area contributed by atoms with Crippen LogP contribution in [0.5, 0.6) is 0 Å². The number of nitrogens with one attached hydrogen (secondary N) is 1. The van der Waals surface area contributed by atoms with Crippen LogP contribution in [-0.4, -0.2) is 0 Å². The Hall–Kier alpha value is -2.28. The summed E-state index contributed by atoms with van der Waals surface area (Å²) in [5, 5.41) is 3.74. The molecular formula is C22H25N. The summed E-state index contributed by atoms with van der Waals surface area (Å²) in [4.78, 5) is 0. The van der Waals surface area contributed by atoms with E-state index in [4.69, 9.17) is 0 Å². The number of aryl methyl sites for hydroxylation is 3. The van der Waals surface area contributed by atoms with E-state index in [0.29, 0.717) is 0 Å². The van der Waals surface area contributed by atoms with Crippen molar-refractivity contribution in [1.29, 1.82) is 0 Å². The summed E-state index contributed by atoms with van der Waals surface area (Å²) in [6.07, 6.45) is 7.64. The molecule has 0 bridgehead atoms.